The fraction of sp³-hybridized carbons (Fsp3) is 1.00. The Balaban J connectivity index is 3.48. The van der Waals surface area contributed by atoms with Crippen molar-refractivity contribution < 1.29 is 9.47 Å². The van der Waals surface area contributed by atoms with Crippen LogP contribution < -0.4 is 5.32 Å². The summed E-state index contributed by atoms with van der Waals surface area (Å²) >= 11 is 0. The number of ether oxygens (including phenoxy) is 2. The van der Waals surface area contributed by atoms with Gasteiger partial charge in [-0.25, -0.2) is 0 Å². The van der Waals surface area contributed by atoms with Gasteiger partial charge < -0.3 is 14.8 Å². The Hall–Kier alpha value is -0.120. The third-order valence-electron chi connectivity index (χ3n) is 1.40. The van der Waals surface area contributed by atoms with E-state index in [1.165, 1.54) is 0 Å². The SMILES string of the molecule is CCOC(CNC(C)C)OCC. The fourth-order valence-electron chi connectivity index (χ4n) is 0.870. The Morgan fingerprint density at radius 1 is 1.08 bits per heavy atom. The van der Waals surface area contributed by atoms with E-state index in [9.17, 15) is 0 Å². The molecule has 0 aromatic carbocycles. The molecular weight excluding hydrogens is 154 g/mol. The highest BCUT2D eigenvalue weighted by molar-refractivity contribution is 4.55. The van der Waals surface area contributed by atoms with Crippen molar-refractivity contribution in [1.82, 2.24) is 5.32 Å². The van der Waals surface area contributed by atoms with Crippen LogP contribution in [0, 0.1) is 0 Å². The van der Waals surface area contributed by atoms with E-state index in [2.05, 4.69) is 19.2 Å². The lowest BCUT2D eigenvalue weighted by molar-refractivity contribution is -0.133. The molecule has 0 saturated carbocycles. The average Bonchev–Trinajstić information content (AvgIpc) is 2.01. The second kappa shape index (κ2) is 7.53. The zero-order chi connectivity index (χ0) is 9.40. The standard InChI is InChI=1S/C9H21NO2/c1-5-11-9(12-6-2)7-10-8(3)4/h8-10H,5-7H2,1-4H3. The highest BCUT2D eigenvalue weighted by atomic mass is 16.7. The van der Waals surface area contributed by atoms with Crippen molar-refractivity contribution in [3.8, 4) is 0 Å². The molecule has 0 fully saturated rings. The van der Waals surface area contributed by atoms with Crippen LogP contribution in [-0.4, -0.2) is 32.1 Å². The van der Waals surface area contributed by atoms with Crippen molar-refractivity contribution in [2.75, 3.05) is 19.8 Å². The fourth-order valence-corrected chi connectivity index (χ4v) is 0.870. The van der Waals surface area contributed by atoms with Crippen molar-refractivity contribution in [3.05, 3.63) is 0 Å². The summed E-state index contributed by atoms with van der Waals surface area (Å²) in [4.78, 5) is 0. The van der Waals surface area contributed by atoms with Gasteiger partial charge in [-0.3, -0.25) is 0 Å². The summed E-state index contributed by atoms with van der Waals surface area (Å²) in [6.07, 6.45) is -0.0950. The topological polar surface area (TPSA) is 30.5 Å². The van der Waals surface area contributed by atoms with Crippen LogP contribution in [0.5, 0.6) is 0 Å². The van der Waals surface area contributed by atoms with Crippen LogP contribution in [0.1, 0.15) is 27.7 Å². The molecule has 12 heavy (non-hydrogen) atoms. The van der Waals surface area contributed by atoms with Gasteiger partial charge in [-0.05, 0) is 13.8 Å². The highest BCUT2D eigenvalue weighted by Crippen LogP contribution is 1.93. The minimum atomic E-state index is -0.0950. The minimum absolute atomic E-state index is 0.0950. The van der Waals surface area contributed by atoms with Crippen LogP contribution in [0.15, 0.2) is 0 Å². The van der Waals surface area contributed by atoms with Crippen LogP contribution in [0.3, 0.4) is 0 Å². The van der Waals surface area contributed by atoms with Crippen LogP contribution in [0.25, 0.3) is 0 Å². The Morgan fingerprint density at radius 3 is 1.92 bits per heavy atom. The van der Waals surface area contributed by atoms with Crippen molar-refractivity contribution in [3.63, 3.8) is 0 Å². The van der Waals surface area contributed by atoms with Gasteiger partial charge in [-0.1, -0.05) is 13.8 Å². The van der Waals surface area contributed by atoms with Gasteiger partial charge in [0, 0.05) is 25.8 Å². The molecule has 3 heteroatoms. The summed E-state index contributed by atoms with van der Waals surface area (Å²) in [7, 11) is 0. The molecule has 0 bridgehead atoms. The molecule has 0 unspecified atom stereocenters. The van der Waals surface area contributed by atoms with Gasteiger partial charge in [0.1, 0.15) is 0 Å². The van der Waals surface area contributed by atoms with Gasteiger partial charge >= 0.3 is 0 Å². The molecule has 0 aliphatic rings. The highest BCUT2D eigenvalue weighted by Gasteiger charge is 2.06. The summed E-state index contributed by atoms with van der Waals surface area (Å²) < 4.78 is 10.7. The van der Waals surface area contributed by atoms with E-state index in [1.807, 2.05) is 13.8 Å². The first kappa shape index (κ1) is 11.9. The first-order valence-electron chi connectivity index (χ1n) is 4.67. The largest absolute Gasteiger partial charge is 0.352 e. The Morgan fingerprint density at radius 2 is 1.58 bits per heavy atom. The van der Waals surface area contributed by atoms with Gasteiger partial charge in [0.15, 0.2) is 6.29 Å². The smallest absolute Gasteiger partial charge is 0.169 e. The lowest BCUT2D eigenvalue weighted by atomic mass is 10.4. The molecule has 0 aromatic rings. The summed E-state index contributed by atoms with van der Waals surface area (Å²) in [6, 6.07) is 0.480. The van der Waals surface area contributed by atoms with E-state index >= 15 is 0 Å². The number of rotatable bonds is 7. The van der Waals surface area contributed by atoms with Gasteiger partial charge in [-0.15, -0.1) is 0 Å². The molecule has 0 aliphatic carbocycles. The van der Waals surface area contributed by atoms with Crippen LogP contribution in [0.2, 0.25) is 0 Å². The molecule has 0 aromatic heterocycles. The Bertz CT molecular complexity index is 90.5. The second-order valence-corrected chi connectivity index (χ2v) is 2.90. The quantitative estimate of drug-likeness (QED) is 0.593. The molecular formula is C9H21NO2. The van der Waals surface area contributed by atoms with E-state index in [4.69, 9.17) is 9.47 Å². The predicted molar refractivity (Wildman–Crippen MR) is 50.2 cm³/mol. The third-order valence-corrected chi connectivity index (χ3v) is 1.40. The summed E-state index contributed by atoms with van der Waals surface area (Å²) in [5, 5.41) is 3.27. The molecule has 1 N–H and O–H groups in total. The first-order chi connectivity index (χ1) is 5.70. The molecule has 0 radical (unpaired) electrons. The third kappa shape index (κ3) is 6.58. The summed E-state index contributed by atoms with van der Waals surface area (Å²) in [5.74, 6) is 0. The molecule has 3 nitrogen and oxygen atoms in total. The van der Waals surface area contributed by atoms with Crippen LogP contribution >= 0.6 is 0 Å². The first-order valence-corrected chi connectivity index (χ1v) is 4.67. The number of hydrogen-bond donors (Lipinski definition) is 1. The normalized spacial score (nSPS) is 11.5. The van der Waals surface area contributed by atoms with E-state index < -0.39 is 0 Å². The van der Waals surface area contributed by atoms with Crippen LogP contribution in [-0.2, 0) is 9.47 Å². The lowest BCUT2D eigenvalue weighted by Crippen LogP contribution is -2.35. The van der Waals surface area contributed by atoms with Gasteiger partial charge in [0.05, 0.1) is 0 Å². The van der Waals surface area contributed by atoms with E-state index in [1.54, 1.807) is 0 Å². The van der Waals surface area contributed by atoms with Crippen molar-refractivity contribution >= 4 is 0 Å². The molecule has 0 saturated heterocycles. The molecule has 0 rings (SSSR count). The monoisotopic (exact) mass is 175 g/mol. The van der Waals surface area contributed by atoms with E-state index in [0.717, 1.165) is 6.54 Å². The summed E-state index contributed by atoms with van der Waals surface area (Å²) in [5.41, 5.74) is 0. The second-order valence-electron chi connectivity index (χ2n) is 2.90. The summed E-state index contributed by atoms with van der Waals surface area (Å²) in [6.45, 7) is 10.3. The lowest BCUT2D eigenvalue weighted by Gasteiger charge is -2.18. The Kier molecular flexibility index (Phi) is 7.45. The van der Waals surface area contributed by atoms with Crippen molar-refractivity contribution in [2.24, 2.45) is 0 Å². The molecule has 0 spiro atoms. The zero-order valence-electron chi connectivity index (χ0n) is 8.59. The Labute approximate surface area is 75.4 Å². The van der Waals surface area contributed by atoms with Gasteiger partial charge in [-0.2, -0.15) is 0 Å². The van der Waals surface area contributed by atoms with Gasteiger partial charge in [0.2, 0.25) is 0 Å². The molecule has 0 atom stereocenters. The maximum absolute atomic E-state index is 5.35. The zero-order valence-corrected chi connectivity index (χ0v) is 8.59. The molecule has 0 aliphatic heterocycles. The van der Waals surface area contributed by atoms with Gasteiger partial charge in [0.25, 0.3) is 0 Å². The average molecular weight is 175 g/mol. The maximum atomic E-state index is 5.35. The van der Waals surface area contributed by atoms with Crippen molar-refractivity contribution in [2.45, 2.75) is 40.0 Å². The molecule has 74 valence electrons. The van der Waals surface area contributed by atoms with E-state index in [-0.39, 0.29) is 6.29 Å². The molecule has 0 amide bonds. The predicted octanol–water partition coefficient (Wildman–Crippen LogP) is 1.38. The number of nitrogens with one attached hydrogen (secondary N) is 1. The minimum Gasteiger partial charge on any atom is -0.352 e. The molecule has 0 heterocycles. The van der Waals surface area contributed by atoms with Crippen LogP contribution in [0.4, 0.5) is 0 Å². The van der Waals surface area contributed by atoms with E-state index in [0.29, 0.717) is 19.3 Å². The van der Waals surface area contributed by atoms with Crippen molar-refractivity contribution in [1.29, 1.82) is 0 Å². The maximum Gasteiger partial charge on any atom is 0.169 e. The number of hydrogen-bond acceptors (Lipinski definition) is 3.